The van der Waals surface area contributed by atoms with E-state index in [2.05, 4.69) is 5.32 Å². The van der Waals surface area contributed by atoms with Crippen molar-refractivity contribution in [3.63, 3.8) is 0 Å². The Hall–Kier alpha value is -2.41. The lowest BCUT2D eigenvalue weighted by Crippen LogP contribution is -2.49. The smallest absolute Gasteiger partial charge is 0.337 e. The number of benzene rings is 1. The van der Waals surface area contributed by atoms with E-state index in [1.54, 1.807) is 6.92 Å². The average molecular weight is 320 g/mol. The van der Waals surface area contributed by atoms with E-state index in [-0.39, 0.29) is 11.7 Å². The molecule has 116 valence electrons. The summed E-state index contributed by atoms with van der Waals surface area (Å²) in [6.07, 6.45) is 0. The zero-order valence-corrected chi connectivity index (χ0v) is 13.0. The molecule has 0 aliphatic carbocycles. The number of hydrogen-bond donors (Lipinski definition) is 2. The average Bonchev–Trinajstić information content (AvgIpc) is 2.51. The molecular formula is C15H16N2O4S. The maximum Gasteiger partial charge on any atom is 0.337 e. The third kappa shape index (κ3) is 3.09. The normalized spacial score (nSPS) is 18.0. The number of carbonyl (C=O) groups excluding carboxylic acids is 1. The summed E-state index contributed by atoms with van der Waals surface area (Å²) >= 11 is 5.24. The summed E-state index contributed by atoms with van der Waals surface area (Å²) in [4.78, 5) is 24.5. The SMILES string of the molecule is COC(=O)C1=C(C)N(CC(=O)O)C(=S)NC1c1ccccc1. The standard InChI is InChI=1S/C15H16N2O4S/c1-9-12(14(20)21-2)13(10-6-4-3-5-7-10)16-15(22)17(9)8-11(18)19/h3-7,13H,8H2,1-2H3,(H,16,22)(H,18,19). The van der Waals surface area contributed by atoms with E-state index in [0.717, 1.165) is 5.56 Å². The molecule has 0 spiro atoms. The number of nitrogens with zero attached hydrogens (tertiary/aromatic N) is 1. The van der Waals surface area contributed by atoms with E-state index >= 15 is 0 Å². The van der Waals surface area contributed by atoms with Gasteiger partial charge in [0.05, 0.1) is 18.7 Å². The summed E-state index contributed by atoms with van der Waals surface area (Å²) in [6, 6.07) is 8.84. The second kappa shape index (κ2) is 6.57. The highest BCUT2D eigenvalue weighted by Crippen LogP contribution is 2.31. The minimum atomic E-state index is -1.04. The minimum absolute atomic E-state index is 0.265. The number of methoxy groups -OCH3 is 1. The second-order valence-corrected chi connectivity index (χ2v) is 5.15. The second-order valence-electron chi connectivity index (χ2n) is 4.76. The van der Waals surface area contributed by atoms with E-state index in [9.17, 15) is 9.59 Å². The summed E-state index contributed by atoms with van der Waals surface area (Å²) in [5.74, 6) is -1.55. The predicted octanol–water partition coefficient (Wildman–Crippen LogP) is 1.45. The monoisotopic (exact) mass is 320 g/mol. The summed E-state index contributed by atoms with van der Waals surface area (Å²) in [5.41, 5.74) is 1.68. The van der Waals surface area contributed by atoms with Gasteiger partial charge in [0.2, 0.25) is 0 Å². The molecule has 1 unspecified atom stereocenters. The number of allylic oxidation sites excluding steroid dienone is 1. The van der Waals surface area contributed by atoms with Crippen molar-refractivity contribution < 1.29 is 19.4 Å². The van der Waals surface area contributed by atoms with E-state index < -0.39 is 18.0 Å². The number of nitrogens with one attached hydrogen (secondary N) is 1. The quantitative estimate of drug-likeness (QED) is 0.642. The molecule has 6 nitrogen and oxygen atoms in total. The van der Waals surface area contributed by atoms with Gasteiger partial charge in [-0.25, -0.2) is 4.79 Å². The first-order valence-corrected chi connectivity index (χ1v) is 7.00. The molecule has 1 atom stereocenters. The van der Waals surface area contributed by atoms with E-state index in [1.165, 1.54) is 12.0 Å². The van der Waals surface area contributed by atoms with Crippen molar-refractivity contribution in [2.75, 3.05) is 13.7 Å². The van der Waals surface area contributed by atoms with Crippen LogP contribution in [0.1, 0.15) is 18.5 Å². The van der Waals surface area contributed by atoms with Gasteiger partial charge in [0.1, 0.15) is 6.54 Å². The van der Waals surface area contributed by atoms with Crippen LogP contribution in [0, 0.1) is 0 Å². The van der Waals surface area contributed by atoms with Gasteiger partial charge < -0.3 is 20.1 Å². The molecule has 1 aromatic rings. The van der Waals surface area contributed by atoms with Gasteiger partial charge in [-0.15, -0.1) is 0 Å². The molecule has 0 amide bonds. The Labute approximate surface area is 133 Å². The van der Waals surface area contributed by atoms with Crippen molar-refractivity contribution in [2.45, 2.75) is 13.0 Å². The van der Waals surface area contributed by atoms with Crippen molar-refractivity contribution in [1.29, 1.82) is 0 Å². The number of ether oxygens (including phenoxy) is 1. The van der Waals surface area contributed by atoms with Crippen molar-refractivity contribution >= 4 is 29.3 Å². The zero-order valence-electron chi connectivity index (χ0n) is 12.2. The Balaban J connectivity index is 2.51. The lowest BCUT2D eigenvalue weighted by atomic mass is 9.95. The molecule has 0 radical (unpaired) electrons. The molecule has 2 rings (SSSR count). The highest BCUT2D eigenvalue weighted by atomic mass is 32.1. The zero-order chi connectivity index (χ0) is 16.3. The van der Waals surface area contributed by atoms with Crippen LogP contribution in [0.3, 0.4) is 0 Å². The largest absolute Gasteiger partial charge is 0.480 e. The van der Waals surface area contributed by atoms with E-state index in [1.807, 2.05) is 30.3 Å². The summed E-state index contributed by atoms with van der Waals surface area (Å²) < 4.78 is 4.85. The van der Waals surface area contributed by atoms with Gasteiger partial charge in [0, 0.05) is 5.70 Å². The van der Waals surface area contributed by atoms with Gasteiger partial charge in [-0.3, -0.25) is 4.79 Å². The molecule has 0 saturated heterocycles. The Morgan fingerprint density at radius 3 is 2.55 bits per heavy atom. The summed E-state index contributed by atoms with van der Waals surface area (Å²) in [7, 11) is 1.29. The third-order valence-electron chi connectivity index (χ3n) is 3.43. The van der Waals surface area contributed by atoms with Crippen molar-refractivity contribution in [1.82, 2.24) is 10.2 Å². The van der Waals surface area contributed by atoms with Crippen LogP contribution < -0.4 is 5.32 Å². The van der Waals surface area contributed by atoms with Crippen LogP contribution in [-0.2, 0) is 14.3 Å². The number of carbonyl (C=O) groups is 2. The Kier molecular flexibility index (Phi) is 4.77. The fourth-order valence-corrected chi connectivity index (χ4v) is 2.70. The Morgan fingerprint density at radius 1 is 1.36 bits per heavy atom. The number of carboxylic acids is 1. The van der Waals surface area contributed by atoms with Gasteiger partial charge in [-0.2, -0.15) is 0 Å². The van der Waals surface area contributed by atoms with Crippen LogP contribution in [0.15, 0.2) is 41.6 Å². The van der Waals surface area contributed by atoms with Crippen LogP contribution in [-0.4, -0.2) is 40.7 Å². The number of aliphatic carboxylic acids is 1. The fourth-order valence-electron chi connectivity index (χ4n) is 2.38. The molecule has 1 heterocycles. The fraction of sp³-hybridized carbons (Fsp3) is 0.267. The lowest BCUT2D eigenvalue weighted by Gasteiger charge is -2.36. The van der Waals surface area contributed by atoms with Gasteiger partial charge in [-0.1, -0.05) is 30.3 Å². The van der Waals surface area contributed by atoms with Crippen LogP contribution in [0.25, 0.3) is 0 Å². The van der Waals surface area contributed by atoms with Crippen LogP contribution in [0.2, 0.25) is 0 Å². The number of rotatable bonds is 4. The Bertz CT molecular complexity index is 642. The first-order chi connectivity index (χ1) is 10.5. The van der Waals surface area contributed by atoms with Crippen molar-refractivity contribution in [3.05, 3.63) is 47.2 Å². The molecule has 0 fully saturated rings. The summed E-state index contributed by atoms with van der Waals surface area (Å²) in [5, 5.41) is 12.3. The van der Waals surface area contributed by atoms with E-state index in [4.69, 9.17) is 22.1 Å². The lowest BCUT2D eigenvalue weighted by molar-refractivity contribution is -0.138. The summed E-state index contributed by atoms with van der Waals surface area (Å²) in [6.45, 7) is 1.35. The highest BCUT2D eigenvalue weighted by Gasteiger charge is 2.35. The molecule has 2 N–H and O–H groups in total. The number of carboxylic acid groups (broad SMARTS) is 1. The third-order valence-corrected chi connectivity index (χ3v) is 3.77. The number of hydrogen-bond acceptors (Lipinski definition) is 4. The molecule has 1 aliphatic heterocycles. The molecule has 0 aromatic heterocycles. The maximum absolute atomic E-state index is 12.2. The molecule has 0 bridgehead atoms. The highest BCUT2D eigenvalue weighted by molar-refractivity contribution is 7.80. The van der Waals surface area contributed by atoms with E-state index in [0.29, 0.717) is 11.3 Å². The van der Waals surface area contributed by atoms with Crippen LogP contribution in [0.5, 0.6) is 0 Å². The first-order valence-electron chi connectivity index (χ1n) is 6.59. The van der Waals surface area contributed by atoms with Gasteiger partial charge in [0.15, 0.2) is 5.11 Å². The van der Waals surface area contributed by atoms with Crippen LogP contribution in [0.4, 0.5) is 0 Å². The topological polar surface area (TPSA) is 78.9 Å². The molecule has 7 heteroatoms. The minimum Gasteiger partial charge on any atom is -0.480 e. The molecule has 1 aliphatic rings. The van der Waals surface area contributed by atoms with Gasteiger partial charge in [0.25, 0.3) is 0 Å². The predicted molar refractivity (Wildman–Crippen MR) is 84.0 cm³/mol. The van der Waals surface area contributed by atoms with Crippen LogP contribution >= 0.6 is 12.2 Å². The molecule has 1 aromatic carbocycles. The van der Waals surface area contributed by atoms with Gasteiger partial charge in [-0.05, 0) is 24.7 Å². The van der Waals surface area contributed by atoms with Crippen molar-refractivity contribution in [3.8, 4) is 0 Å². The van der Waals surface area contributed by atoms with Crippen molar-refractivity contribution in [2.24, 2.45) is 0 Å². The molecular weight excluding hydrogens is 304 g/mol. The number of esters is 1. The maximum atomic E-state index is 12.2. The Morgan fingerprint density at radius 2 is 2.00 bits per heavy atom. The molecule has 22 heavy (non-hydrogen) atoms. The number of thiocarbonyl (C=S) groups is 1. The first kappa shape index (κ1) is 16.0. The molecule has 0 saturated carbocycles. The van der Waals surface area contributed by atoms with Gasteiger partial charge >= 0.3 is 11.9 Å².